The van der Waals surface area contributed by atoms with E-state index >= 15 is 0 Å². The minimum atomic E-state index is -4.75. The number of benzene rings is 1. The number of hydrogen-bond acceptors (Lipinski definition) is 2. The average Bonchev–Trinajstić information content (AvgIpc) is 2.27. The van der Waals surface area contributed by atoms with E-state index in [1.807, 2.05) is 13.8 Å². The number of para-hydroxylation sites is 2. The summed E-state index contributed by atoms with van der Waals surface area (Å²) in [5, 5.41) is 2.59. The molecule has 1 rings (SSSR count). The van der Waals surface area contributed by atoms with Gasteiger partial charge in [-0.05, 0) is 18.1 Å². The van der Waals surface area contributed by atoms with E-state index in [2.05, 4.69) is 15.0 Å². The number of halogens is 4. The zero-order valence-corrected chi connectivity index (χ0v) is 13.4. The highest BCUT2D eigenvalue weighted by molar-refractivity contribution is 14.0. The molecule has 4 nitrogen and oxygen atoms in total. The zero-order chi connectivity index (χ0) is 14.5. The van der Waals surface area contributed by atoms with Gasteiger partial charge in [0.25, 0.3) is 0 Å². The first-order valence-corrected chi connectivity index (χ1v) is 5.69. The third-order valence-corrected chi connectivity index (χ3v) is 2.00. The lowest BCUT2D eigenvalue weighted by molar-refractivity contribution is -0.274. The quantitative estimate of drug-likeness (QED) is 0.459. The number of nitrogens with two attached hydrogens (primary N) is 1. The van der Waals surface area contributed by atoms with Crippen LogP contribution in [0.3, 0.4) is 0 Å². The summed E-state index contributed by atoms with van der Waals surface area (Å²) >= 11 is 0. The number of nitrogens with one attached hydrogen (secondary N) is 1. The van der Waals surface area contributed by atoms with E-state index < -0.39 is 6.36 Å². The summed E-state index contributed by atoms with van der Waals surface area (Å²) in [4.78, 5) is 4.00. The van der Waals surface area contributed by atoms with Crippen molar-refractivity contribution in [2.75, 3.05) is 11.9 Å². The molecule has 3 N–H and O–H groups in total. The van der Waals surface area contributed by atoms with E-state index in [1.54, 1.807) is 6.07 Å². The summed E-state index contributed by atoms with van der Waals surface area (Å²) in [7, 11) is 0. The SMILES string of the molecule is CC(C)CN=C(N)Nc1ccccc1OC(F)(F)F.I. The summed E-state index contributed by atoms with van der Waals surface area (Å²) < 4.78 is 40.5. The molecule has 0 unspecified atom stereocenters. The van der Waals surface area contributed by atoms with Gasteiger partial charge >= 0.3 is 6.36 Å². The van der Waals surface area contributed by atoms with Gasteiger partial charge in [-0.15, -0.1) is 37.1 Å². The largest absolute Gasteiger partial charge is 0.573 e. The van der Waals surface area contributed by atoms with Crippen LogP contribution in [0.25, 0.3) is 0 Å². The number of guanidine groups is 1. The number of rotatable bonds is 4. The molecule has 8 heteroatoms. The Morgan fingerprint density at radius 1 is 1.35 bits per heavy atom. The molecule has 0 aliphatic rings. The van der Waals surface area contributed by atoms with Gasteiger partial charge in [0.1, 0.15) is 0 Å². The van der Waals surface area contributed by atoms with Crippen molar-refractivity contribution in [1.82, 2.24) is 0 Å². The molecule has 0 amide bonds. The monoisotopic (exact) mass is 403 g/mol. The van der Waals surface area contributed by atoms with Crippen LogP contribution in [0.5, 0.6) is 5.75 Å². The van der Waals surface area contributed by atoms with Crippen molar-refractivity contribution in [2.45, 2.75) is 20.2 Å². The highest BCUT2D eigenvalue weighted by Gasteiger charge is 2.32. The van der Waals surface area contributed by atoms with Crippen LogP contribution in [0.15, 0.2) is 29.3 Å². The number of hydrogen-bond donors (Lipinski definition) is 2. The Morgan fingerprint density at radius 3 is 2.50 bits per heavy atom. The smallest absolute Gasteiger partial charge is 0.404 e. The molecule has 0 spiro atoms. The number of anilines is 1. The maximum atomic E-state index is 12.2. The van der Waals surface area contributed by atoms with Crippen molar-refractivity contribution in [3.63, 3.8) is 0 Å². The van der Waals surface area contributed by atoms with Gasteiger partial charge in [0.2, 0.25) is 0 Å². The van der Waals surface area contributed by atoms with E-state index in [0.29, 0.717) is 12.5 Å². The van der Waals surface area contributed by atoms with Crippen LogP contribution < -0.4 is 15.8 Å². The van der Waals surface area contributed by atoms with Crippen LogP contribution in [-0.4, -0.2) is 18.9 Å². The second kappa shape index (κ2) is 8.18. The Morgan fingerprint density at radius 2 is 1.95 bits per heavy atom. The first kappa shape index (κ1) is 18.8. The summed E-state index contributed by atoms with van der Waals surface area (Å²) in [5.41, 5.74) is 5.70. The fourth-order valence-electron chi connectivity index (χ4n) is 1.24. The Bertz CT molecular complexity index is 450. The summed E-state index contributed by atoms with van der Waals surface area (Å²) in [6.45, 7) is 4.40. The van der Waals surface area contributed by atoms with Crippen LogP contribution in [-0.2, 0) is 0 Å². The number of alkyl halides is 3. The highest BCUT2D eigenvalue weighted by Crippen LogP contribution is 2.29. The number of nitrogens with zero attached hydrogens (tertiary/aromatic N) is 1. The lowest BCUT2D eigenvalue weighted by Crippen LogP contribution is -2.25. The van der Waals surface area contributed by atoms with E-state index in [4.69, 9.17) is 5.73 Å². The van der Waals surface area contributed by atoms with Gasteiger partial charge in [0.05, 0.1) is 5.69 Å². The van der Waals surface area contributed by atoms with Crippen LogP contribution in [0, 0.1) is 5.92 Å². The van der Waals surface area contributed by atoms with Crippen LogP contribution >= 0.6 is 24.0 Å². The standard InChI is InChI=1S/C12H16F3N3O.HI/c1-8(2)7-17-11(16)18-9-5-3-4-6-10(9)19-12(13,14)15;/h3-6,8H,7H2,1-2H3,(H3,16,17,18);1H. The van der Waals surface area contributed by atoms with Crippen molar-refractivity contribution in [2.24, 2.45) is 16.6 Å². The molecule has 0 fully saturated rings. The van der Waals surface area contributed by atoms with Crippen molar-refractivity contribution in [1.29, 1.82) is 0 Å². The van der Waals surface area contributed by atoms with Crippen molar-refractivity contribution in [3.05, 3.63) is 24.3 Å². The molecular weight excluding hydrogens is 386 g/mol. The van der Waals surface area contributed by atoms with E-state index in [0.717, 1.165) is 0 Å². The Kier molecular flexibility index (Phi) is 7.69. The molecule has 1 aromatic rings. The first-order valence-electron chi connectivity index (χ1n) is 5.69. The zero-order valence-electron chi connectivity index (χ0n) is 11.1. The predicted molar refractivity (Wildman–Crippen MR) is 83.5 cm³/mol. The molecule has 0 saturated carbocycles. The maximum Gasteiger partial charge on any atom is 0.573 e. The normalized spacial score (nSPS) is 12.0. The summed E-state index contributed by atoms with van der Waals surface area (Å²) in [6.07, 6.45) is -4.75. The highest BCUT2D eigenvalue weighted by atomic mass is 127. The molecule has 1 aromatic carbocycles. The predicted octanol–water partition coefficient (Wildman–Crippen LogP) is 3.59. The molecular formula is C12H17F3IN3O. The van der Waals surface area contributed by atoms with Gasteiger partial charge in [0.15, 0.2) is 11.7 Å². The number of ether oxygens (including phenoxy) is 1. The first-order chi connectivity index (χ1) is 8.78. The Balaban J connectivity index is 0.00000361. The van der Waals surface area contributed by atoms with Gasteiger partial charge in [-0.1, -0.05) is 26.0 Å². The van der Waals surface area contributed by atoms with Gasteiger partial charge in [-0.3, -0.25) is 4.99 Å². The molecule has 0 saturated heterocycles. The molecule has 0 radical (unpaired) electrons. The van der Waals surface area contributed by atoms with Crippen molar-refractivity contribution in [3.8, 4) is 5.75 Å². The molecule has 0 aromatic heterocycles. The molecule has 20 heavy (non-hydrogen) atoms. The van der Waals surface area contributed by atoms with Crippen molar-refractivity contribution >= 4 is 35.6 Å². The second-order valence-electron chi connectivity index (χ2n) is 4.29. The lowest BCUT2D eigenvalue weighted by Gasteiger charge is -2.14. The van der Waals surface area contributed by atoms with Gasteiger partial charge in [-0.2, -0.15) is 0 Å². The third kappa shape index (κ3) is 7.41. The summed E-state index contributed by atoms with van der Waals surface area (Å²) in [6, 6.07) is 5.64. The van der Waals surface area contributed by atoms with Gasteiger partial charge in [0, 0.05) is 6.54 Å². The Labute approximate surface area is 132 Å². The molecule has 0 heterocycles. The van der Waals surface area contributed by atoms with Crippen LogP contribution in [0.2, 0.25) is 0 Å². The van der Waals surface area contributed by atoms with Crippen LogP contribution in [0.4, 0.5) is 18.9 Å². The van der Waals surface area contributed by atoms with Crippen LogP contribution in [0.1, 0.15) is 13.8 Å². The lowest BCUT2D eigenvalue weighted by atomic mass is 10.2. The second-order valence-corrected chi connectivity index (χ2v) is 4.29. The fourth-order valence-corrected chi connectivity index (χ4v) is 1.24. The molecule has 0 aliphatic carbocycles. The minimum absolute atomic E-state index is 0. The van der Waals surface area contributed by atoms with E-state index in [9.17, 15) is 13.2 Å². The van der Waals surface area contributed by atoms with E-state index in [1.165, 1.54) is 18.2 Å². The Hall–Kier alpha value is -1.19. The molecule has 0 atom stereocenters. The summed E-state index contributed by atoms with van der Waals surface area (Å²) in [5.74, 6) is 0.00615. The third-order valence-electron chi connectivity index (χ3n) is 2.00. The average molecular weight is 403 g/mol. The maximum absolute atomic E-state index is 12.2. The van der Waals surface area contributed by atoms with E-state index in [-0.39, 0.29) is 41.4 Å². The van der Waals surface area contributed by atoms with Crippen molar-refractivity contribution < 1.29 is 17.9 Å². The number of aliphatic imine (C=N–C) groups is 1. The molecule has 0 aliphatic heterocycles. The minimum Gasteiger partial charge on any atom is -0.404 e. The van der Waals surface area contributed by atoms with Gasteiger partial charge < -0.3 is 15.8 Å². The molecule has 114 valence electrons. The fraction of sp³-hybridized carbons (Fsp3) is 0.417. The topological polar surface area (TPSA) is 59.6 Å². The van der Waals surface area contributed by atoms with Gasteiger partial charge in [-0.25, -0.2) is 0 Å². The molecule has 0 bridgehead atoms.